The van der Waals surface area contributed by atoms with E-state index in [1.807, 2.05) is 6.07 Å². The quantitative estimate of drug-likeness (QED) is 0.617. The molecule has 2 rings (SSSR count). The molecule has 0 aliphatic rings. The van der Waals surface area contributed by atoms with Crippen LogP contribution in [0.1, 0.15) is 5.56 Å². The van der Waals surface area contributed by atoms with Crippen LogP contribution in [0.25, 0.3) is 6.08 Å². The molecule has 1 amide bonds. The van der Waals surface area contributed by atoms with Gasteiger partial charge in [-0.3, -0.25) is 20.6 Å². The van der Waals surface area contributed by atoms with E-state index in [1.54, 1.807) is 43.0 Å². The number of hydrazine groups is 1. The van der Waals surface area contributed by atoms with Crippen LogP contribution in [-0.2, 0) is 4.79 Å². The summed E-state index contributed by atoms with van der Waals surface area (Å²) in [5, 5.41) is 0. The Hall–Kier alpha value is -2.76. The van der Waals surface area contributed by atoms with Crippen molar-refractivity contribution in [3.05, 3.63) is 54.6 Å². The van der Waals surface area contributed by atoms with Gasteiger partial charge in [0.05, 0.1) is 0 Å². The average Bonchev–Trinajstić information content (AvgIpc) is 2.45. The fourth-order valence-corrected chi connectivity index (χ4v) is 1.17. The zero-order chi connectivity index (χ0) is 12.6. The molecule has 0 bridgehead atoms. The van der Waals surface area contributed by atoms with E-state index >= 15 is 0 Å². The summed E-state index contributed by atoms with van der Waals surface area (Å²) in [5.74, 6) is 0.0342. The second-order valence-electron chi connectivity index (χ2n) is 3.31. The van der Waals surface area contributed by atoms with Crippen molar-refractivity contribution in [3.8, 4) is 0 Å². The van der Waals surface area contributed by atoms with Gasteiger partial charge >= 0.3 is 0 Å². The third-order valence-corrected chi connectivity index (χ3v) is 1.97. The van der Waals surface area contributed by atoms with Crippen LogP contribution in [0.3, 0.4) is 0 Å². The lowest BCUT2D eigenvalue weighted by molar-refractivity contribution is -0.116. The van der Waals surface area contributed by atoms with E-state index in [2.05, 4.69) is 25.8 Å². The van der Waals surface area contributed by atoms with E-state index in [-0.39, 0.29) is 5.91 Å². The van der Waals surface area contributed by atoms with Crippen LogP contribution in [0.5, 0.6) is 0 Å². The Bertz CT molecular complexity index is 527. The third kappa shape index (κ3) is 3.67. The maximum absolute atomic E-state index is 11.5. The number of rotatable bonds is 4. The fraction of sp³-hybridized carbons (Fsp3) is 0. The molecule has 6 nitrogen and oxygen atoms in total. The maximum atomic E-state index is 11.5. The third-order valence-electron chi connectivity index (χ3n) is 1.97. The summed E-state index contributed by atoms with van der Waals surface area (Å²) in [6, 6.07) is 5.34. The van der Waals surface area contributed by atoms with Crippen LogP contribution in [0, 0.1) is 0 Å². The lowest BCUT2D eigenvalue weighted by Crippen LogP contribution is -2.28. The van der Waals surface area contributed by atoms with Crippen molar-refractivity contribution < 1.29 is 4.79 Å². The molecule has 2 aromatic heterocycles. The molecule has 0 atom stereocenters. The topological polar surface area (TPSA) is 79.8 Å². The number of pyridine rings is 1. The van der Waals surface area contributed by atoms with Gasteiger partial charge in [-0.15, -0.1) is 0 Å². The molecule has 0 spiro atoms. The van der Waals surface area contributed by atoms with Crippen molar-refractivity contribution in [1.29, 1.82) is 0 Å². The zero-order valence-electron chi connectivity index (χ0n) is 9.45. The largest absolute Gasteiger partial charge is 0.268 e. The second kappa shape index (κ2) is 6.09. The average molecular weight is 241 g/mol. The van der Waals surface area contributed by atoms with Crippen molar-refractivity contribution in [3.63, 3.8) is 0 Å². The van der Waals surface area contributed by atoms with Gasteiger partial charge in [0.2, 0.25) is 5.95 Å². The Morgan fingerprint density at radius 3 is 2.72 bits per heavy atom. The monoisotopic (exact) mass is 241 g/mol. The van der Waals surface area contributed by atoms with Gasteiger partial charge in [0.15, 0.2) is 0 Å². The molecule has 0 radical (unpaired) electrons. The number of hydrogen-bond acceptors (Lipinski definition) is 5. The van der Waals surface area contributed by atoms with Crippen molar-refractivity contribution in [2.24, 2.45) is 0 Å². The number of hydrogen-bond donors (Lipinski definition) is 2. The van der Waals surface area contributed by atoms with Gasteiger partial charge in [-0.2, -0.15) is 0 Å². The lowest BCUT2D eigenvalue weighted by Gasteiger charge is -2.03. The van der Waals surface area contributed by atoms with Crippen molar-refractivity contribution in [1.82, 2.24) is 20.4 Å². The van der Waals surface area contributed by atoms with E-state index in [4.69, 9.17) is 0 Å². The van der Waals surface area contributed by atoms with Gasteiger partial charge in [-0.1, -0.05) is 6.07 Å². The summed E-state index contributed by atoms with van der Waals surface area (Å²) in [6.07, 6.45) is 9.55. The van der Waals surface area contributed by atoms with Crippen LogP contribution in [0.2, 0.25) is 0 Å². The molecule has 6 heteroatoms. The smallest absolute Gasteiger partial charge is 0.262 e. The summed E-state index contributed by atoms with van der Waals surface area (Å²) in [7, 11) is 0. The first-order chi connectivity index (χ1) is 8.84. The normalized spacial score (nSPS) is 10.2. The summed E-state index contributed by atoms with van der Waals surface area (Å²) in [4.78, 5) is 23.2. The van der Waals surface area contributed by atoms with Crippen LogP contribution < -0.4 is 10.9 Å². The number of nitrogens with zero attached hydrogens (tertiary/aromatic N) is 3. The summed E-state index contributed by atoms with van der Waals surface area (Å²) >= 11 is 0. The van der Waals surface area contributed by atoms with Gasteiger partial charge in [-0.05, 0) is 23.8 Å². The first kappa shape index (κ1) is 11.7. The van der Waals surface area contributed by atoms with Gasteiger partial charge in [0, 0.05) is 30.9 Å². The molecule has 18 heavy (non-hydrogen) atoms. The predicted molar refractivity (Wildman–Crippen MR) is 67.1 cm³/mol. The van der Waals surface area contributed by atoms with Crippen molar-refractivity contribution >= 4 is 17.9 Å². The van der Waals surface area contributed by atoms with Crippen LogP contribution in [0.15, 0.2) is 49.1 Å². The summed E-state index contributed by atoms with van der Waals surface area (Å²) < 4.78 is 0. The molecule has 0 saturated carbocycles. The van der Waals surface area contributed by atoms with Crippen LogP contribution in [-0.4, -0.2) is 20.9 Å². The van der Waals surface area contributed by atoms with Gasteiger partial charge in [-0.25, -0.2) is 9.97 Å². The summed E-state index contributed by atoms with van der Waals surface area (Å²) in [5.41, 5.74) is 5.89. The molecular weight excluding hydrogens is 230 g/mol. The highest BCUT2D eigenvalue weighted by molar-refractivity contribution is 5.92. The first-order valence-corrected chi connectivity index (χ1v) is 5.26. The Balaban J connectivity index is 1.84. The Morgan fingerprint density at radius 1 is 1.17 bits per heavy atom. The molecule has 2 N–H and O–H groups in total. The van der Waals surface area contributed by atoms with E-state index in [0.29, 0.717) is 5.95 Å². The molecular formula is C12H11N5O. The molecule has 0 aliphatic heterocycles. The highest BCUT2D eigenvalue weighted by atomic mass is 16.2. The molecule has 0 fully saturated rings. The van der Waals surface area contributed by atoms with Gasteiger partial charge in [0.25, 0.3) is 5.91 Å². The minimum atomic E-state index is -0.300. The van der Waals surface area contributed by atoms with E-state index in [9.17, 15) is 4.79 Å². The number of anilines is 1. The van der Waals surface area contributed by atoms with Crippen molar-refractivity contribution in [2.75, 3.05) is 5.43 Å². The minimum Gasteiger partial charge on any atom is -0.268 e. The Labute approximate surface area is 104 Å². The molecule has 90 valence electrons. The number of amides is 1. The Kier molecular flexibility index (Phi) is 3.97. The van der Waals surface area contributed by atoms with E-state index < -0.39 is 0 Å². The molecule has 0 saturated heterocycles. The first-order valence-electron chi connectivity index (χ1n) is 5.26. The number of carbonyl (C=O) groups excluding carboxylic acids is 1. The zero-order valence-corrected chi connectivity index (χ0v) is 9.45. The number of carbonyl (C=O) groups is 1. The molecule has 2 aromatic rings. The fourth-order valence-electron chi connectivity index (χ4n) is 1.17. The SMILES string of the molecule is O=C(C=Cc1cccnc1)NNc1ncccn1. The molecule has 0 aliphatic carbocycles. The Morgan fingerprint density at radius 2 is 2.00 bits per heavy atom. The van der Waals surface area contributed by atoms with Crippen molar-refractivity contribution in [2.45, 2.75) is 0 Å². The maximum Gasteiger partial charge on any atom is 0.262 e. The summed E-state index contributed by atoms with van der Waals surface area (Å²) in [6.45, 7) is 0. The van der Waals surface area contributed by atoms with E-state index in [0.717, 1.165) is 5.56 Å². The lowest BCUT2D eigenvalue weighted by atomic mass is 10.2. The standard InChI is InChI=1S/C12H11N5O/c18-11(5-4-10-3-1-6-13-9-10)16-17-12-14-7-2-8-15-12/h1-9H,(H,16,18)(H,14,15,17). The van der Waals surface area contributed by atoms with Gasteiger partial charge in [0.1, 0.15) is 0 Å². The van der Waals surface area contributed by atoms with Crippen LogP contribution >= 0.6 is 0 Å². The number of nitrogens with one attached hydrogen (secondary N) is 2. The molecule has 2 heterocycles. The highest BCUT2D eigenvalue weighted by Crippen LogP contribution is 1.98. The van der Waals surface area contributed by atoms with Gasteiger partial charge < -0.3 is 0 Å². The molecule has 0 unspecified atom stereocenters. The van der Waals surface area contributed by atoms with E-state index in [1.165, 1.54) is 6.08 Å². The highest BCUT2D eigenvalue weighted by Gasteiger charge is 1.96. The molecule has 0 aromatic carbocycles. The second-order valence-corrected chi connectivity index (χ2v) is 3.31. The van der Waals surface area contributed by atoms with Crippen LogP contribution in [0.4, 0.5) is 5.95 Å². The predicted octanol–water partition coefficient (Wildman–Crippen LogP) is 1.03. The minimum absolute atomic E-state index is 0.300. The number of aromatic nitrogens is 3.